The van der Waals surface area contributed by atoms with Crippen LogP contribution in [0, 0.1) is 13.8 Å². The number of nitrogens with zero attached hydrogens (tertiary/aromatic N) is 4. The standard InChI is InChI=1S/C14H17N5O2/c1-8-6-9(2)19-12(17-8)11(7-16-19)14(21)18-5-4-15-13(20)10(18)3/h6-7,10H,4-5H2,1-3H3,(H,15,20). The van der Waals surface area contributed by atoms with E-state index in [4.69, 9.17) is 0 Å². The fourth-order valence-corrected chi connectivity index (χ4v) is 2.64. The number of carbonyl (C=O) groups is 2. The molecule has 2 amide bonds. The first-order valence-corrected chi connectivity index (χ1v) is 6.89. The fraction of sp³-hybridized carbons (Fsp3) is 0.429. The molecule has 1 N–H and O–H groups in total. The Balaban J connectivity index is 2.04. The van der Waals surface area contributed by atoms with Gasteiger partial charge in [0.2, 0.25) is 5.91 Å². The molecule has 21 heavy (non-hydrogen) atoms. The van der Waals surface area contributed by atoms with Gasteiger partial charge in [-0.05, 0) is 26.8 Å². The minimum Gasteiger partial charge on any atom is -0.353 e. The average molecular weight is 287 g/mol. The number of rotatable bonds is 1. The van der Waals surface area contributed by atoms with E-state index < -0.39 is 6.04 Å². The molecule has 0 saturated carbocycles. The second-order valence-electron chi connectivity index (χ2n) is 5.30. The van der Waals surface area contributed by atoms with Gasteiger partial charge < -0.3 is 10.2 Å². The van der Waals surface area contributed by atoms with Gasteiger partial charge in [0.1, 0.15) is 11.6 Å². The molecule has 3 heterocycles. The number of hydrogen-bond acceptors (Lipinski definition) is 4. The van der Waals surface area contributed by atoms with Crippen LogP contribution in [0.2, 0.25) is 0 Å². The van der Waals surface area contributed by atoms with E-state index in [1.807, 2.05) is 19.9 Å². The number of amides is 2. The Morgan fingerprint density at radius 3 is 2.95 bits per heavy atom. The molecule has 1 saturated heterocycles. The first kappa shape index (κ1) is 13.5. The van der Waals surface area contributed by atoms with Gasteiger partial charge in [0.05, 0.1) is 6.20 Å². The van der Waals surface area contributed by atoms with E-state index in [0.29, 0.717) is 24.3 Å². The second kappa shape index (κ2) is 4.83. The van der Waals surface area contributed by atoms with Crippen LogP contribution in [-0.2, 0) is 4.79 Å². The number of aryl methyl sites for hydroxylation is 2. The van der Waals surface area contributed by atoms with Gasteiger partial charge in [-0.25, -0.2) is 9.50 Å². The van der Waals surface area contributed by atoms with E-state index >= 15 is 0 Å². The summed E-state index contributed by atoms with van der Waals surface area (Å²) < 4.78 is 1.65. The topological polar surface area (TPSA) is 79.6 Å². The van der Waals surface area contributed by atoms with Gasteiger partial charge in [0.15, 0.2) is 5.65 Å². The summed E-state index contributed by atoms with van der Waals surface area (Å²) in [4.78, 5) is 30.4. The summed E-state index contributed by atoms with van der Waals surface area (Å²) in [6.07, 6.45) is 1.52. The van der Waals surface area contributed by atoms with Crippen LogP contribution in [0.5, 0.6) is 0 Å². The van der Waals surface area contributed by atoms with E-state index in [-0.39, 0.29) is 11.8 Å². The SMILES string of the molecule is Cc1cc(C)n2ncc(C(=O)N3CCNC(=O)C3C)c2n1. The van der Waals surface area contributed by atoms with Gasteiger partial charge in [-0.2, -0.15) is 5.10 Å². The molecule has 1 unspecified atom stereocenters. The molecule has 1 fully saturated rings. The maximum Gasteiger partial charge on any atom is 0.260 e. The highest BCUT2D eigenvalue weighted by atomic mass is 16.2. The third-order valence-corrected chi connectivity index (χ3v) is 3.77. The van der Waals surface area contributed by atoms with E-state index in [1.54, 1.807) is 16.3 Å². The molecule has 0 bridgehead atoms. The zero-order chi connectivity index (χ0) is 15.1. The number of piperazine rings is 1. The van der Waals surface area contributed by atoms with Gasteiger partial charge in [0, 0.05) is 24.5 Å². The molecule has 1 aliphatic heterocycles. The molecular formula is C14H17N5O2. The first-order chi connectivity index (χ1) is 9.99. The predicted octanol–water partition coefficient (Wildman–Crippen LogP) is 0.307. The average Bonchev–Trinajstić information content (AvgIpc) is 2.85. The van der Waals surface area contributed by atoms with Gasteiger partial charge in [-0.15, -0.1) is 0 Å². The highest BCUT2D eigenvalue weighted by Crippen LogP contribution is 2.16. The van der Waals surface area contributed by atoms with Crippen molar-refractivity contribution in [3.63, 3.8) is 0 Å². The third kappa shape index (κ3) is 2.14. The Bertz CT molecular complexity index is 736. The molecule has 1 aliphatic rings. The molecule has 0 spiro atoms. The summed E-state index contributed by atoms with van der Waals surface area (Å²) in [5.41, 5.74) is 2.72. The highest BCUT2D eigenvalue weighted by Gasteiger charge is 2.31. The molecule has 110 valence electrons. The maximum absolute atomic E-state index is 12.7. The van der Waals surface area contributed by atoms with Crippen molar-refractivity contribution in [2.45, 2.75) is 26.8 Å². The summed E-state index contributed by atoms with van der Waals surface area (Å²) in [5, 5.41) is 6.97. The van der Waals surface area contributed by atoms with Crippen molar-refractivity contribution in [3.8, 4) is 0 Å². The molecule has 2 aromatic heterocycles. The van der Waals surface area contributed by atoms with Crippen molar-refractivity contribution in [2.75, 3.05) is 13.1 Å². The molecule has 0 aromatic carbocycles. The molecule has 0 radical (unpaired) electrons. The molecule has 7 heteroatoms. The largest absolute Gasteiger partial charge is 0.353 e. The van der Waals surface area contributed by atoms with Crippen molar-refractivity contribution in [2.24, 2.45) is 0 Å². The summed E-state index contributed by atoms with van der Waals surface area (Å²) >= 11 is 0. The van der Waals surface area contributed by atoms with E-state index in [9.17, 15) is 9.59 Å². The molecule has 2 aromatic rings. The normalized spacial score (nSPS) is 18.9. The Kier molecular flexibility index (Phi) is 3.12. The second-order valence-corrected chi connectivity index (χ2v) is 5.30. The van der Waals surface area contributed by atoms with Gasteiger partial charge in [0.25, 0.3) is 5.91 Å². The highest BCUT2D eigenvalue weighted by molar-refractivity contribution is 6.02. The molecular weight excluding hydrogens is 270 g/mol. The zero-order valence-electron chi connectivity index (χ0n) is 12.3. The number of hydrogen-bond donors (Lipinski definition) is 1. The summed E-state index contributed by atoms with van der Waals surface area (Å²) in [6.45, 7) is 6.49. The van der Waals surface area contributed by atoms with Gasteiger partial charge in [-0.1, -0.05) is 0 Å². The third-order valence-electron chi connectivity index (χ3n) is 3.77. The lowest BCUT2D eigenvalue weighted by Gasteiger charge is -2.32. The molecule has 1 atom stereocenters. The monoisotopic (exact) mass is 287 g/mol. The Labute approximate surface area is 122 Å². The van der Waals surface area contributed by atoms with Crippen LogP contribution in [0.25, 0.3) is 5.65 Å². The maximum atomic E-state index is 12.7. The Morgan fingerprint density at radius 1 is 1.43 bits per heavy atom. The van der Waals surface area contributed by atoms with E-state index in [0.717, 1.165) is 11.4 Å². The van der Waals surface area contributed by atoms with Crippen LogP contribution in [0.3, 0.4) is 0 Å². The lowest BCUT2D eigenvalue weighted by molar-refractivity contribution is -0.127. The number of nitrogens with one attached hydrogen (secondary N) is 1. The molecule has 3 rings (SSSR count). The number of fused-ring (bicyclic) bond motifs is 1. The van der Waals surface area contributed by atoms with Crippen LogP contribution in [0.15, 0.2) is 12.3 Å². The summed E-state index contributed by atoms with van der Waals surface area (Å²) in [6, 6.07) is 1.43. The lowest BCUT2D eigenvalue weighted by atomic mass is 10.1. The van der Waals surface area contributed by atoms with Crippen molar-refractivity contribution >= 4 is 17.5 Å². The van der Waals surface area contributed by atoms with Crippen LogP contribution in [-0.4, -0.2) is 50.4 Å². The Morgan fingerprint density at radius 2 is 2.19 bits per heavy atom. The van der Waals surface area contributed by atoms with E-state index in [1.165, 1.54) is 6.20 Å². The first-order valence-electron chi connectivity index (χ1n) is 6.89. The van der Waals surface area contributed by atoms with Gasteiger partial charge in [-0.3, -0.25) is 9.59 Å². The van der Waals surface area contributed by atoms with Crippen LogP contribution >= 0.6 is 0 Å². The van der Waals surface area contributed by atoms with Crippen molar-refractivity contribution in [3.05, 3.63) is 29.2 Å². The summed E-state index contributed by atoms with van der Waals surface area (Å²) in [7, 11) is 0. The van der Waals surface area contributed by atoms with Crippen LogP contribution in [0.1, 0.15) is 28.7 Å². The molecule has 0 aliphatic carbocycles. The zero-order valence-corrected chi connectivity index (χ0v) is 12.3. The fourth-order valence-electron chi connectivity index (χ4n) is 2.64. The van der Waals surface area contributed by atoms with Crippen LogP contribution < -0.4 is 5.32 Å². The van der Waals surface area contributed by atoms with Gasteiger partial charge >= 0.3 is 0 Å². The van der Waals surface area contributed by atoms with Crippen LogP contribution in [0.4, 0.5) is 0 Å². The smallest absolute Gasteiger partial charge is 0.260 e. The van der Waals surface area contributed by atoms with Crippen molar-refractivity contribution < 1.29 is 9.59 Å². The van der Waals surface area contributed by atoms with Crippen molar-refractivity contribution in [1.29, 1.82) is 0 Å². The lowest BCUT2D eigenvalue weighted by Crippen LogP contribution is -2.55. The van der Waals surface area contributed by atoms with Crippen molar-refractivity contribution in [1.82, 2.24) is 24.8 Å². The Hall–Kier alpha value is -2.44. The summed E-state index contributed by atoms with van der Waals surface area (Å²) in [5.74, 6) is -0.337. The number of carbonyl (C=O) groups excluding carboxylic acids is 2. The quantitative estimate of drug-likeness (QED) is 0.818. The predicted molar refractivity (Wildman–Crippen MR) is 76.0 cm³/mol. The minimum atomic E-state index is -0.480. The van der Waals surface area contributed by atoms with E-state index in [2.05, 4.69) is 15.4 Å². The number of aromatic nitrogens is 3. The minimum absolute atomic E-state index is 0.133. The molecule has 7 nitrogen and oxygen atoms in total.